The van der Waals surface area contributed by atoms with Crippen LogP contribution in [0.25, 0.3) is 0 Å². The average Bonchev–Trinajstić information content (AvgIpc) is 2.77. The first-order valence-corrected chi connectivity index (χ1v) is 8.00. The van der Waals surface area contributed by atoms with Gasteiger partial charge < -0.3 is 14.0 Å². The van der Waals surface area contributed by atoms with E-state index in [9.17, 15) is 0 Å². The van der Waals surface area contributed by atoms with E-state index in [0.29, 0.717) is 5.19 Å². The Morgan fingerprint density at radius 2 is 1.75 bits per heavy atom. The molecular weight excluding hydrogens is 273 g/mol. The minimum Gasteiger partial charge on any atom is -0.467 e. The fourth-order valence-electron chi connectivity index (χ4n) is 1.99. The highest BCUT2D eigenvalue weighted by molar-refractivity contribution is 7.14. The van der Waals surface area contributed by atoms with Gasteiger partial charge in [0.2, 0.25) is 0 Å². The van der Waals surface area contributed by atoms with Crippen LogP contribution in [0.1, 0.15) is 53.3 Å². The third-order valence-corrected chi connectivity index (χ3v) is 4.95. The fraction of sp³-hybridized carbons (Fsp3) is 0.786. The number of ether oxygens (including phenoxy) is 1. The van der Waals surface area contributed by atoms with Crippen molar-refractivity contribution in [3.63, 3.8) is 0 Å². The van der Waals surface area contributed by atoms with E-state index in [1.54, 1.807) is 11.3 Å². The molecule has 2 heterocycles. The SMILES string of the molecule is CCc1sc(OC(C)C)nc1B1OC(C)(C)C(C)(C)O1. The van der Waals surface area contributed by atoms with E-state index < -0.39 is 7.12 Å². The zero-order valence-corrected chi connectivity index (χ0v) is 14.3. The molecule has 0 unspecified atom stereocenters. The summed E-state index contributed by atoms with van der Waals surface area (Å²) >= 11 is 1.58. The van der Waals surface area contributed by atoms with E-state index in [1.807, 2.05) is 13.8 Å². The van der Waals surface area contributed by atoms with Gasteiger partial charge in [0.05, 0.1) is 22.9 Å². The van der Waals surface area contributed by atoms with Crippen molar-refractivity contribution in [3.8, 4) is 5.19 Å². The van der Waals surface area contributed by atoms with Crippen LogP contribution < -0.4 is 10.3 Å². The van der Waals surface area contributed by atoms with Gasteiger partial charge in [-0.3, -0.25) is 0 Å². The Bertz CT molecular complexity index is 469. The molecule has 0 saturated carbocycles. The molecule has 0 radical (unpaired) electrons. The van der Waals surface area contributed by atoms with Crippen LogP contribution in [0.15, 0.2) is 0 Å². The summed E-state index contributed by atoms with van der Waals surface area (Å²) in [6, 6.07) is 0. The summed E-state index contributed by atoms with van der Waals surface area (Å²) in [6.07, 6.45) is 1.02. The fourth-order valence-corrected chi connectivity index (χ4v) is 2.97. The molecule has 0 aliphatic carbocycles. The molecule has 1 saturated heterocycles. The second-order valence-corrected chi connectivity index (χ2v) is 7.44. The highest BCUT2D eigenvalue weighted by Gasteiger charge is 2.53. The third kappa shape index (κ3) is 2.87. The molecule has 1 aliphatic heterocycles. The van der Waals surface area contributed by atoms with Gasteiger partial charge in [0.15, 0.2) is 0 Å². The molecule has 112 valence electrons. The lowest BCUT2D eigenvalue weighted by molar-refractivity contribution is 0.00578. The van der Waals surface area contributed by atoms with Crippen LogP contribution in [0.3, 0.4) is 0 Å². The molecule has 6 heteroatoms. The molecule has 0 atom stereocenters. The Kier molecular flexibility index (Phi) is 4.20. The van der Waals surface area contributed by atoms with Crippen LogP contribution in [-0.2, 0) is 15.7 Å². The van der Waals surface area contributed by atoms with Crippen molar-refractivity contribution in [2.24, 2.45) is 0 Å². The molecule has 20 heavy (non-hydrogen) atoms. The second kappa shape index (κ2) is 5.32. The third-order valence-electron chi connectivity index (χ3n) is 3.84. The van der Waals surface area contributed by atoms with Crippen LogP contribution in [0, 0.1) is 0 Å². The number of aromatic nitrogens is 1. The number of rotatable bonds is 4. The van der Waals surface area contributed by atoms with Gasteiger partial charge in [-0.2, -0.15) is 0 Å². The van der Waals surface area contributed by atoms with Crippen LogP contribution >= 0.6 is 11.3 Å². The highest BCUT2D eigenvalue weighted by atomic mass is 32.1. The summed E-state index contributed by atoms with van der Waals surface area (Å²) in [7, 11) is -0.407. The maximum Gasteiger partial charge on any atom is 0.515 e. The van der Waals surface area contributed by atoms with Crippen LogP contribution in [0.5, 0.6) is 5.19 Å². The van der Waals surface area contributed by atoms with Crippen LogP contribution in [-0.4, -0.2) is 29.4 Å². The van der Waals surface area contributed by atoms with Crippen molar-refractivity contribution in [1.82, 2.24) is 4.98 Å². The molecule has 0 N–H and O–H groups in total. The minimum atomic E-state index is -0.407. The van der Waals surface area contributed by atoms with Crippen molar-refractivity contribution in [3.05, 3.63) is 4.88 Å². The molecule has 1 aromatic heterocycles. The Hall–Kier alpha value is -0.585. The highest BCUT2D eigenvalue weighted by Crippen LogP contribution is 2.37. The van der Waals surface area contributed by atoms with Crippen molar-refractivity contribution in [1.29, 1.82) is 0 Å². The van der Waals surface area contributed by atoms with Gasteiger partial charge in [0, 0.05) is 4.88 Å². The number of thiazole rings is 1. The van der Waals surface area contributed by atoms with Gasteiger partial charge >= 0.3 is 7.12 Å². The molecule has 0 bridgehead atoms. The molecular formula is C14H24BNO3S. The number of hydrogen-bond acceptors (Lipinski definition) is 5. The molecule has 1 aliphatic rings. The van der Waals surface area contributed by atoms with Gasteiger partial charge in [0.25, 0.3) is 5.19 Å². The zero-order chi connectivity index (χ0) is 15.1. The largest absolute Gasteiger partial charge is 0.515 e. The average molecular weight is 297 g/mol. The summed E-state index contributed by atoms with van der Waals surface area (Å²) in [5.41, 5.74) is 0.184. The van der Waals surface area contributed by atoms with E-state index >= 15 is 0 Å². The van der Waals surface area contributed by atoms with E-state index in [1.165, 1.54) is 4.88 Å². The van der Waals surface area contributed by atoms with Crippen molar-refractivity contribution < 1.29 is 14.0 Å². The maximum absolute atomic E-state index is 6.08. The molecule has 1 aromatic rings. The summed E-state index contributed by atoms with van der Waals surface area (Å²) in [4.78, 5) is 5.75. The van der Waals surface area contributed by atoms with Gasteiger partial charge in [-0.05, 0) is 48.0 Å². The molecule has 0 spiro atoms. The van der Waals surface area contributed by atoms with E-state index in [0.717, 1.165) is 12.0 Å². The van der Waals surface area contributed by atoms with Crippen molar-refractivity contribution in [2.45, 2.75) is 72.2 Å². The first-order valence-electron chi connectivity index (χ1n) is 7.18. The first kappa shape index (κ1) is 15.8. The lowest BCUT2D eigenvalue weighted by Gasteiger charge is -2.32. The summed E-state index contributed by atoms with van der Waals surface area (Å²) in [5.74, 6) is 0. The van der Waals surface area contributed by atoms with Gasteiger partial charge in [-0.25, -0.2) is 4.98 Å². The normalized spacial score (nSPS) is 20.7. The summed E-state index contributed by atoms with van der Waals surface area (Å²) < 4.78 is 17.9. The summed E-state index contributed by atoms with van der Waals surface area (Å²) in [5, 5.41) is 0.696. The Morgan fingerprint density at radius 3 is 2.20 bits per heavy atom. The summed E-state index contributed by atoms with van der Waals surface area (Å²) in [6.45, 7) is 14.3. The van der Waals surface area contributed by atoms with E-state index in [-0.39, 0.29) is 17.3 Å². The molecule has 2 rings (SSSR count). The standard InChI is InChI=1S/C14H24BNO3S/c1-8-10-11(16-12(20-10)17-9(2)3)15-18-13(4,5)14(6,7)19-15/h9H,8H2,1-7H3. The van der Waals surface area contributed by atoms with Gasteiger partial charge in [-0.15, -0.1) is 0 Å². The number of aryl methyl sites for hydroxylation is 1. The van der Waals surface area contributed by atoms with E-state index in [4.69, 9.17) is 14.0 Å². The quantitative estimate of drug-likeness (QED) is 0.801. The van der Waals surface area contributed by atoms with Crippen LogP contribution in [0.4, 0.5) is 0 Å². The number of nitrogens with zero attached hydrogens (tertiary/aromatic N) is 1. The zero-order valence-electron chi connectivity index (χ0n) is 13.4. The smallest absolute Gasteiger partial charge is 0.467 e. The Morgan fingerprint density at radius 1 is 1.20 bits per heavy atom. The van der Waals surface area contributed by atoms with Gasteiger partial charge in [-0.1, -0.05) is 18.3 Å². The molecule has 0 amide bonds. The topological polar surface area (TPSA) is 40.6 Å². The first-order chi connectivity index (χ1) is 9.16. The van der Waals surface area contributed by atoms with E-state index in [2.05, 4.69) is 39.6 Å². The lowest BCUT2D eigenvalue weighted by Crippen LogP contribution is -2.41. The van der Waals surface area contributed by atoms with Crippen molar-refractivity contribution in [2.75, 3.05) is 0 Å². The Labute approximate surface area is 126 Å². The van der Waals surface area contributed by atoms with Crippen LogP contribution in [0.2, 0.25) is 0 Å². The predicted octanol–water partition coefficient (Wildman–Crippen LogP) is 2.79. The minimum absolute atomic E-state index is 0.122. The number of hydrogen-bond donors (Lipinski definition) is 0. The lowest BCUT2D eigenvalue weighted by atomic mass is 9.83. The maximum atomic E-state index is 6.08. The second-order valence-electron chi connectivity index (χ2n) is 6.40. The monoisotopic (exact) mass is 297 g/mol. The van der Waals surface area contributed by atoms with Crippen molar-refractivity contribution >= 4 is 24.0 Å². The Balaban J connectivity index is 2.27. The molecule has 0 aromatic carbocycles. The molecule has 4 nitrogen and oxygen atoms in total. The predicted molar refractivity (Wildman–Crippen MR) is 83.0 cm³/mol. The van der Waals surface area contributed by atoms with Gasteiger partial charge in [0.1, 0.15) is 0 Å². The molecule has 1 fully saturated rings.